The van der Waals surface area contributed by atoms with Gasteiger partial charge in [-0.1, -0.05) is 41.4 Å². The zero-order chi connectivity index (χ0) is 22.9. The van der Waals surface area contributed by atoms with Crippen molar-refractivity contribution in [2.45, 2.75) is 13.5 Å². The van der Waals surface area contributed by atoms with Crippen LogP contribution in [0.15, 0.2) is 65.8 Å². The van der Waals surface area contributed by atoms with Gasteiger partial charge in [0.1, 0.15) is 12.4 Å². The Morgan fingerprint density at radius 2 is 1.78 bits per heavy atom. The molecule has 32 heavy (non-hydrogen) atoms. The number of hydrogen-bond acceptors (Lipinski definition) is 5. The van der Waals surface area contributed by atoms with Crippen LogP contribution in [-0.2, 0) is 6.61 Å². The third-order valence-corrected chi connectivity index (χ3v) is 5.04. The van der Waals surface area contributed by atoms with Crippen LogP contribution in [0.1, 0.15) is 28.4 Å². The average molecular weight is 473 g/mol. The monoisotopic (exact) mass is 472 g/mol. The van der Waals surface area contributed by atoms with Gasteiger partial charge in [0.05, 0.1) is 25.0 Å². The number of nitrogens with zero attached hydrogens (tertiary/aromatic N) is 1. The smallest absolute Gasteiger partial charge is 0.271 e. The first kappa shape index (κ1) is 23.4. The van der Waals surface area contributed by atoms with E-state index in [4.69, 9.17) is 37.4 Å². The van der Waals surface area contributed by atoms with Crippen LogP contribution >= 0.6 is 23.2 Å². The Labute approximate surface area is 196 Å². The highest BCUT2D eigenvalue weighted by molar-refractivity contribution is 6.32. The summed E-state index contributed by atoms with van der Waals surface area (Å²) in [7, 11) is 1.52. The van der Waals surface area contributed by atoms with E-state index in [2.05, 4.69) is 10.5 Å². The fraction of sp³-hybridized carbons (Fsp3) is 0.167. The Morgan fingerprint density at radius 3 is 2.47 bits per heavy atom. The molecule has 3 aromatic carbocycles. The summed E-state index contributed by atoms with van der Waals surface area (Å²) in [5.41, 5.74) is 4.40. The highest BCUT2D eigenvalue weighted by Gasteiger charge is 2.13. The third kappa shape index (κ3) is 6.15. The first-order valence-electron chi connectivity index (χ1n) is 9.81. The van der Waals surface area contributed by atoms with Crippen molar-refractivity contribution in [3.8, 4) is 17.2 Å². The van der Waals surface area contributed by atoms with Crippen molar-refractivity contribution >= 4 is 35.3 Å². The first-order chi connectivity index (χ1) is 15.5. The maximum atomic E-state index is 12.2. The zero-order valence-electron chi connectivity index (χ0n) is 17.6. The Balaban J connectivity index is 1.66. The number of nitrogens with one attached hydrogen (secondary N) is 1. The largest absolute Gasteiger partial charge is 0.494 e. The second-order valence-corrected chi connectivity index (χ2v) is 7.39. The minimum Gasteiger partial charge on any atom is -0.494 e. The molecule has 3 aromatic rings. The van der Waals surface area contributed by atoms with Crippen molar-refractivity contribution in [3.05, 3.63) is 87.4 Å². The van der Waals surface area contributed by atoms with Gasteiger partial charge >= 0.3 is 0 Å². The van der Waals surface area contributed by atoms with Crippen molar-refractivity contribution < 1.29 is 19.0 Å². The summed E-state index contributed by atoms with van der Waals surface area (Å²) in [5.74, 6) is 1.18. The van der Waals surface area contributed by atoms with Crippen LogP contribution in [0.5, 0.6) is 17.2 Å². The van der Waals surface area contributed by atoms with Gasteiger partial charge in [0, 0.05) is 16.1 Å². The van der Waals surface area contributed by atoms with E-state index in [0.717, 1.165) is 5.56 Å². The third-order valence-electron chi connectivity index (χ3n) is 4.39. The lowest BCUT2D eigenvalue weighted by atomic mass is 10.2. The molecule has 0 fully saturated rings. The highest BCUT2D eigenvalue weighted by atomic mass is 35.5. The number of rotatable bonds is 9. The second-order valence-electron chi connectivity index (χ2n) is 6.57. The number of hydrogen-bond donors (Lipinski definition) is 1. The number of carbonyl (C=O) groups excluding carboxylic acids is 1. The molecule has 0 unspecified atom stereocenters. The van der Waals surface area contributed by atoms with E-state index >= 15 is 0 Å². The number of methoxy groups -OCH3 is 1. The Hall–Kier alpha value is -3.22. The molecule has 0 aromatic heterocycles. The van der Waals surface area contributed by atoms with Gasteiger partial charge in [0.2, 0.25) is 0 Å². The fourth-order valence-electron chi connectivity index (χ4n) is 2.82. The number of benzene rings is 3. The van der Waals surface area contributed by atoms with E-state index < -0.39 is 0 Å². The molecule has 1 N–H and O–H groups in total. The number of amides is 1. The summed E-state index contributed by atoms with van der Waals surface area (Å²) in [6.07, 6.45) is 1.47. The van der Waals surface area contributed by atoms with Gasteiger partial charge in [0.25, 0.3) is 5.91 Å². The second kappa shape index (κ2) is 11.4. The lowest BCUT2D eigenvalue weighted by molar-refractivity contribution is 0.0955. The van der Waals surface area contributed by atoms with E-state index in [9.17, 15) is 4.79 Å². The molecule has 0 aliphatic rings. The highest BCUT2D eigenvalue weighted by Crippen LogP contribution is 2.37. The van der Waals surface area contributed by atoms with Crippen LogP contribution in [-0.4, -0.2) is 25.8 Å². The first-order valence-corrected chi connectivity index (χ1v) is 10.6. The van der Waals surface area contributed by atoms with Gasteiger partial charge in [-0.15, -0.1) is 0 Å². The van der Waals surface area contributed by atoms with Gasteiger partial charge in [-0.2, -0.15) is 5.10 Å². The van der Waals surface area contributed by atoms with E-state index in [0.29, 0.717) is 45.0 Å². The normalized spacial score (nSPS) is 10.8. The maximum Gasteiger partial charge on any atom is 0.271 e. The van der Waals surface area contributed by atoms with Crippen molar-refractivity contribution in [1.82, 2.24) is 5.43 Å². The van der Waals surface area contributed by atoms with E-state index in [-0.39, 0.29) is 12.5 Å². The van der Waals surface area contributed by atoms with E-state index in [1.807, 2.05) is 25.1 Å². The summed E-state index contributed by atoms with van der Waals surface area (Å²) in [6.45, 7) is 2.70. The quantitative estimate of drug-likeness (QED) is 0.318. The summed E-state index contributed by atoms with van der Waals surface area (Å²) in [6, 6.07) is 17.6. The molecule has 0 bridgehead atoms. The van der Waals surface area contributed by atoms with Crippen molar-refractivity contribution in [3.63, 3.8) is 0 Å². The fourth-order valence-corrected chi connectivity index (χ4v) is 3.28. The topological polar surface area (TPSA) is 69.2 Å². The maximum absolute atomic E-state index is 12.2. The molecular formula is C24H22Cl2N2O4. The Morgan fingerprint density at radius 1 is 1.03 bits per heavy atom. The van der Waals surface area contributed by atoms with Crippen molar-refractivity contribution in [2.24, 2.45) is 5.10 Å². The minimum absolute atomic E-state index is 0.237. The van der Waals surface area contributed by atoms with Crippen LogP contribution in [0.2, 0.25) is 10.0 Å². The number of hydrazone groups is 1. The van der Waals surface area contributed by atoms with Gasteiger partial charge in [-0.25, -0.2) is 5.43 Å². The van der Waals surface area contributed by atoms with E-state index in [1.54, 1.807) is 42.5 Å². The van der Waals surface area contributed by atoms with E-state index in [1.165, 1.54) is 13.3 Å². The predicted octanol–water partition coefficient (Wildman–Crippen LogP) is 5.74. The predicted molar refractivity (Wildman–Crippen MR) is 126 cm³/mol. The molecule has 0 aliphatic heterocycles. The number of ether oxygens (including phenoxy) is 3. The molecule has 166 valence electrons. The van der Waals surface area contributed by atoms with Gasteiger partial charge < -0.3 is 14.2 Å². The molecule has 6 nitrogen and oxygen atoms in total. The summed E-state index contributed by atoms with van der Waals surface area (Å²) in [5, 5.41) is 4.95. The standard InChI is InChI=1S/C24H22Cl2N2O4/c1-3-31-19-10-8-17(9-11-19)24(29)28-27-14-16-12-21(26)23(22(13-16)30-2)32-15-18-6-4-5-7-20(18)25/h4-14H,3,15H2,1-2H3,(H,28,29)/b27-14-. The van der Waals surface area contributed by atoms with Gasteiger partial charge in [-0.05, 0) is 55.0 Å². The van der Waals surface area contributed by atoms with Gasteiger partial charge in [-0.3, -0.25) is 4.79 Å². The molecule has 3 rings (SSSR count). The molecule has 8 heteroatoms. The Bertz CT molecular complexity index is 1100. The Kier molecular flexibility index (Phi) is 8.36. The molecule has 0 saturated carbocycles. The van der Waals surface area contributed by atoms with Crippen molar-refractivity contribution in [2.75, 3.05) is 13.7 Å². The lowest BCUT2D eigenvalue weighted by Gasteiger charge is -2.14. The summed E-state index contributed by atoms with van der Waals surface area (Å²) < 4.78 is 16.6. The molecule has 0 aliphatic carbocycles. The van der Waals surface area contributed by atoms with Crippen LogP contribution in [0.4, 0.5) is 0 Å². The number of halogens is 2. The average Bonchev–Trinajstić information content (AvgIpc) is 2.79. The summed E-state index contributed by atoms with van der Waals surface area (Å²) in [4.78, 5) is 12.2. The minimum atomic E-state index is -0.345. The molecular weight excluding hydrogens is 451 g/mol. The SMILES string of the molecule is CCOc1ccc(C(=O)N/N=C\c2cc(Cl)c(OCc3ccccc3Cl)c(OC)c2)cc1. The molecule has 0 saturated heterocycles. The van der Waals surface area contributed by atoms with Crippen molar-refractivity contribution in [1.29, 1.82) is 0 Å². The summed E-state index contributed by atoms with van der Waals surface area (Å²) >= 11 is 12.6. The lowest BCUT2D eigenvalue weighted by Crippen LogP contribution is -2.17. The van der Waals surface area contributed by atoms with Gasteiger partial charge in [0.15, 0.2) is 11.5 Å². The molecule has 0 spiro atoms. The molecule has 0 radical (unpaired) electrons. The molecule has 0 heterocycles. The zero-order valence-corrected chi connectivity index (χ0v) is 19.1. The number of carbonyl (C=O) groups is 1. The molecule has 1 amide bonds. The van der Waals surface area contributed by atoms with Crippen LogP contribution in [0, 0.1) is 0 Å². The van der Waals surface area contributed by atoms with Crippen LogP contribution in [0.25, 0.3) is 0 Å². The molecule has 0 atom stereocenters. The van der Waals surface area contributed by atoms with Crippen LogP contribution < -0.4 is 19.6 Å². The van der Waals surface area contributed by atoms with Crippen LogP contribution in [0.3, 0.4) is 0 Å².